The number of carbonyl (C=O) groups is 2. The summed E-state index contributed by atoms with van der Waals surface area (Å²) in [6, 6.07) is -1.87. The number of amides is 1. The van der Waals surface area contributed by atoms with E-state index in [-0.39, 0.29) is 31.6 Å². The number of cyclic esters (lactones) is 1. The lowest BCUT2D eigenvalue weighted by Crippen LogP contribution is -2.62. The quantitative estimate of drug-likeness (QED) is 0.163. The molecule has 0 aromatic heterocycles. The zero-order chi connectivity index (χ0) is 51.4. The van der Waals surface area contributed by atoms with Gasteiger partial charge in [-0.15, -0.1) is 0 Å². The minimum Gasteiger partial charge on any atom is -0.462 e. The Balaban J connectivity index is 1.93. The molecular formula is C50H80N2O17. The Bertz CT molecular complexity index is 1760. The van der Waals surface area contributed by atoms with Gasteiger partial charge in [0.2, 0.25) is 5.91 Å². The molecule has 2 bridgehead atoms. The Morgan fingerprint density at radius 1 is 0.725 bits per heavy atom. The highest BCUT2D eigenvalue weighted by atomic mass is 16.7. The molecule has 1 amide bonds. The molecular weight excluding hydrogens is 901 g/mol. The number of nitrogens with two attached hydrogens (primary N) is 1. The highest BCUT2D eigenvalue weighted by Gasteiger charge is 2.51. The minimum atomic E-state index is -2.30. The minimum absolute atomic E-state index is 0.105. The standard InChI is InChI=1S/C50H80N2O17/c1-29-18-16-14-12-10-8-6-7-9-11-13-15-17-19-37(68-49-47(63)44(51)46(62)33(5)67-49)25-41-43(48(64)52-30(2)28-53)40(59)27-50(65,69-41)26-36(56)23-39(58)38(57)21-20-34(54)22-35(55)24-42(60)66-32(4)31(3)45(29)61/h6-19,29-41,43-47,49,53-59,61-63,65H,20-28,51H2,1-5H3,(H,52,64)/b7-6+,10-8+,11-9+,14-12+,15-13+,18-16+,19-17+/t29-,30+,31-,32-,33+,34+,35+,36-,37-,38+,39+,40-,41-,43+,44-,45+,46+,47-,49-,50+/m0/s1. The topological polar surface area (TPSA) is 332 Å². The van der Waals surface area contributed by atoms with E-state index in [0.29, 0.717) is 0 Å². The van der Waals surface area contributed by atoms with Crippen LogP contribution in [0.4, 0.5) is 0 Å². The van der Waals surface area contributed by atoms with Crippen molar-refractivity contribution in [3.8, 4) is 0 Å². The molecule has 19 heteroatoms. The molecule has 19 nitrogen and oxygen atoms in total. The predicted octanol–water partition coefficient (Wildman–Crippen LogP) is 0.124. The molecule has 69 heavy (non-hydrogen) atoms. The normalized spacial score (nSPS) is 44.0. The second-order valence-corrected chi connectivity index (χ2v) is 18.8. The Morgan fingerprint density at radius 2 is 1.30 bits per heavy atom. The van der Waals surface area contributed by atoms with Gasteiger partial charge in [0.25, 0.3) is 0 Å². The summed E-state index contributed by atoms with van der Waals surface area (Å²) in [6.45, 7) is 7.88. The van der Waals surface area contributed by atoms with Crippen LogP contribution in [0.25, 0.3) is 0 Å². The molecule has 3 rings (SSSR count). The number of rotatable bonds is 5. The van der Waals surface area contributed by atoms with Gasteiger partial charge in [-0.1, -0.05) is 98.9 Å². The van der Waals surface area contributed by atoms with Crippen molar-refractivity contribution in [3.63, 3.8) is 0 Å². The molecule has 0 aromatic carbocycles. The van der Waals surface area contributed by atoms with Crippen molar-refractivity contribution in [1.82, 2.24) is 5.32 Å². The van der Waals surface area contributed by atoms with Crippen molar-refractivity contribution in [2.45, 2.75) is 189 Å². The summed E-state index contributed by atoms with van der Waals surface area (Å²) in [5.74, 6) is -5.85. The highest BCUT2D eigenvalue weighted by Crippen LogP contribution is 2.38. The summed E-state index contributed by atoms with van der Waals surface area (Å²) in [4.78, 5) is 26.3. The van der Waals surface area contributed by atoms with Crippen molar-refractivity contribution in [3.05, 3.63) is 85.1 Å². The van der Waals surface area contributed by atoms with Crippen LogP contribution in [0.2, 0.25) is 0 Å². The van der Waals surface area contributed by atoms with Crippen molar-refractivity contribution >= 4 is 11.9 Å². The third-order valence-electron chi connectivity index (χ3n) is 12.7. The summed E-state index contributed by atoms with van der Waals surface area (Å²) in [5.41, 5.74) is 6.08. The molecule has 3 aliphatic heterocycles. The van der Waals surface area contributed by atoms with Gasteiger partial charge in [0, 0.05) is 43.6 Å². The second-order valence-electron chi connectivity index (χ2n) is 18.8. The van der Waals surface area contributed by atoms with Gasteiger partial charge in [0.1, 0.15) is 12.2 Å². The lowest BCUT2D eigenvalue weighted by atomic mass is 9.82. The molecule has 0 aliphatic carbocycles. The number of carbonyl (C=O) groups excluding carboxylic acids is 2. The lowest BCUT2D eigenvalue weighted by molar-refractivity contribution is -0.307. The third kappa shape index (κ3) is 20.3. The Kier molecular flexibility index (Phi) is 25.8. The fraction of sp³-hybridized carbons (Fsp3) is 0.680. The van der Waals surface area contributed by atoms with E-state index in [1.807, 2.05) is 31.2 Å². The number of allylic oxidation sites excluding steroid dienone is 12. The first-order valence-corrected chi connectivity index (χ1v) is 23.9. The van der Waals surface area contributed by atoms with E-state index < -0.39 is 160 Å². The zero-order valence-electron chi connectivity index (χ0n) is 40.4. The molecule has 2 fully saturated rings. The fourth-order valence-electron chi connectivity index (χ4n) is 8.37. The van der Waals surface area contributed by atoms with Crippen LogP contribution in [0.1, 0.15) is 86.0 Å². The molecule has 0 aromatic rings. The number of hydrogen-bond donors (Lipinski definition) is 13. The van der Waals surface area contributed by atoms with Gasteiger partial charge in [-0.3, -0.25) is 9.59 Å². The molecule has 3 aliphatic rings. The summed E-state index contributed by atoms with van der Waals surface area (Å²) < 4.78 is 23.6. The maximum absolute atomic E-state index is 13.7. The molecule has 0 unspecified atom stereocenters. The van der Waals surface area contributed by atoms with Crippen molar-refractivity contribution in [2.75, 3.05) is 6.61 Å². The number of hydrogen-bond acceptors (Lipinski definition) is 18. The fourth-order valence-corrected chi connectivity index (χ4v) is 8.37. The van der Waals surface area contributed by atoms with E-state index >= 15 is 0 Å². The number of aliphatic hydroxyl groups is 11. The van der Waals surface area contributed by atoms with Crippen LogP contribution in [0.5, 0.6) is 0 Å². The number of fused-ring (bicyclic) bond motifs is 2. The Hall–Kier alpha value is -3.48. The monoisotopic (exact) mass is 981 g/mol. The largest absolute Gasteiger partial charge is 0.462 e. The molecule has 20 atom stereocenters. The van der Waals surface area contributed by atoms with Crippen LogP contribution >= 0.6 is 0 Å². The Labute approximate surface area is 405 Å². The van der Waals surface area contributed by atoms with E-state index in [4.69, 9.17) is 24.7 Å². The van der Waals surface area contributed by atoms with Crippen molar-refractivity contribution < 1.29 is 84.7 Å². The average molecular weight is 981 g/mol. The van der Waals surface area contributed by atoms with Gasteiger partial charge < -0.3 is 86.2 Å². The van der Waals surface area contributed by atoms with E-state index in [0.717, 1.165) is 0 Å². The number of nitrogens with one attached hydrogen (secondary N) is 1. The first-order chi connectivity index (χ1) is 32.5. The van der Waals surface area contributed by atoms with E-state index in [2.05, 4.69) is 5.32 Å². The van der Waals surface area contributed by atoms with Gasteiger partial charge in [-0.25, -0.2) is 0 Å². The van der Waals surface area contributed by atoms with E-state index in [1.165, 1.54) is 6.92 Å². The van der Waals surface area contributed by atoms with E-state index in [9.17, 15) is 65.8 Å². The summed E-state index contributed by atoms with van der Waals surface area (Å²) in [7, 11) is 0. The molecule has 2 saturated heterocycles. The van der Waals surface area contributed by atoms with Gasteiger partial charge in [0.05, 0.1) is 92.1 Å². The Morgan fingerprint density at radius 3 is 1.90 bits per heavy atom. The van der Waals surface area contributed by atoms with Gasteiger partial charge in [-0.2, -0.15) is 0 Å². The first kappa shape index (κ1) is 59.8. The smallest absolute Gasteiger partial charge is 0.308 e. The summed E-state index contributed by atoms with van der Waals surface area (Å²) >= 11 is 0. The van der Waals surface area contributed by atoms with Crippen LogP contribution in [-0.4, -0.2) is 178 Å². The molecule has 3 heterocycles. The molecule has 0 saturated carbocycles. The third-order valence-corrected chi connectivity index (χ3v) is 12.7. The van der Waals surface area contributed by atoms with Crippen LogP contribution in [-0.2, 0) is 28.5 Å². The average Bonchev–Trinajstić information content (AvgIpc) is 3.27. The number of esters is 1. The molecule has 392 valence electrons. The van der Waals surface area contributed by atoms with E-state index in [1.54, 1.807) is 81.5 Å². The van der Waals surface area contributed by atoms with Crippen LogP contribution in [0, 0.1) is 17.8 Å². The molecule has 14 N–H and O–H groups in total. The van der Waals surface area contributed by atoms with Crippen molar-refractivity contribution in [2.24, 2.45) is 23.5 Å². The van der Waals surface area contributed by atoms with Crippen LogP contribution in [0.3, 0.4) is 0 Å². The second kappa shape index (κ2) is 29.8. The van der Waals surface area contributed by atoms with Crippen LogP contribution in [0.15, 0.2) is 85.1 Å². The van der Waals surface area contributed by atoms with Gasteiger partial charge >= 0.3 is 5.97 Å². The molecule has 0 spiro atoms. The SMILES string of the molecule is C[C@@H]1[C@H](O)[C@@H](C)/C=C/C=C/C=C/C=C/C=C/C=C/C=C/[C@H](O[C@@H]2O[C@H](C)[C@@H](O)[C@H](N)[C@@H]2O)C[C@@H]2O[C@](O)(C[C@@H](O)C[C@@H](O)[C@H](O)CC[C@@H](O)C[C@@H](O)CC(=O)O[C@H]1C)C[C@H](O)[C@H]2C(=O)N[C@H](C)CO. The summed E-state index contributed by atoms with van der Waals surface area (Å²) in [6.07, 6.45) is 4.08. The van der Waals surface area contributed by atoms with Crippen molar-refractivity contribution in [1.29, 1.82) is 0 Å². The number of ether oxygens (including phenoxy) is 4. The predicted molar refractivity (Wildman–Crippen MR) is 254 cm³/mol. The van der Waals surface area contributed by atoms with Crippen LogP contribution < -0.4 is 11.1 Å². The van der Waals surface area contributed by atoms with Gasteiger partial charge in [-0.05, 0) is 40.0 Å². The molecule has 0 radical (unpaired) electrons. The lowest BCUT2D eigenvalue weighted by Gasteiger charge is -2.46. The maximum atomic E-state index is 13.7. The highest BCUT2D eigenvalue weighted by molar-refractivity contribution is 5.80. The zero-order valence-corrected chi connectivity index (χ0v) is 40.4. The summed E-state index contributed by atoms with van der Waals surface area (Å²) in [5, 5.41) is 122. The number of aliphatic hydroxyl groups excluding tert-OH is 10. The first-order valence-electron chi connectivity index (χ1n) is 23.9. The van der Waals surface area contributed by atoms with Gasteiger partial charge in [0.15, 0.2) is 12.1 Å². The maximum Gasteiger partial charge on any atom is 0.308 e.